The van der Waals surface area contributed by atoms with Gasteiger partial charge in [-0.05, 0) is 103 Å². The number of hydrogen-bond acceptors (Lipinski definition) is 1. The van der Waals surface area contributed by atoms with Gasteiger partial charge in [-0.1, -0.05) is 78.7 Å². The van der Waals surface area contributed by atoms with Gasteiger partial charge in [-0.25, -0.2) is 0 Å². The molecule has 4 aliphatic rings. The summed E-state index contributed by atoms with van der Waals surface area (Å²) in [5.41, 5.74) is 4.91. The van der Waals surface area contributed by atoms with Crippen molar-refractivity contribution in [3.8, 4) is 0 Å². The van der Waals surface area contributed by atoms with Crippen molar-refractivity contribution in [1.82, 2.24) is 0 Å². The molecule has 0 aromatic carbocycles. The van der Waals surface area contributed by atoms with Gasteiger partial charge >= 0.3 is 0 Å². The van der Waals surface area contributed by atoms with Crippen LogP contribution in [0.4, 0.5) is 0 Å². The molecule has 4 rings (SSSR count). The molecule has 0 radical (unpaired) electrons. The molecule has 1 heteroatoms. The lowest BCUT2D eigenvalue weighted by molar-refractivity contribution is -0.0961. The smallest absolute Gasteiger partial charge is 0.0594 e. The van der Waals surface area contributed by atoms with Gasteiger partial charge < -0.3 is 5.11 Å². The van der Waals surface area contributed by atoms with Gasteiger partial charge in [-0.2, -0.15) is 0 Å². The Kier molecular flexibility index (Phi) is 5.90. The first-order valence-electron chi connectivity index (χ1n) is 13.5. The highest BCUT2D eigenvalue weighted by Crippen LogP contribution is 2.72. The predicted molar refractivity (Wildman–Crippen MR) is 133 cm³/mol. The molecule has 1 N–H and O–H groups in total. The number of rotatable bonds is 4. The minimum absolute atomic E-state index is 0.0443. The predicted octanol–water partition coefficient (Wildman–Crippen LogP) is 8.34. The summed E-state index contributed by atoms with van der Waals surface area (Å²) < 4.78 is 0. The molecule has 0 spiro atoms. The van der Waals surface area contributed by atoms with E-state index in [0.717, 1.165) is 18.3 Å². The van der Waals surface area contributed by atoms with Gasteiger partial charge in [-0.15, -0.1) is 0 Å². The molecule has 2 fully saturated rings. The van der Waals surface area contributed by atoms with Gasteiger partial charge in [0.25, 0.3) is 0 Å². The van der Waals surface area contributed by atoms with Crippen LogP contribution >= 0.6 is 0 Å². The van der Waals surface area contributed by atoms with E-state index in [9.17, 15) is 5.11 Å². The summed E-state index contributed by atoms with van der Waals surface area (Å²) in [5, 5.41) is 10.8. The normalized spacial score (nSPS) is 45.5. The first-order chi connectivity index (χ1) is 14.4. The van der Waals surface area contributed by atoms with Crippen LogP contribution in [-0.4, -0.2) is 11.2 Å². The van der Waals surface area contributed by atoms with E-state index in [2.05, 4.69) is 67.5 Å². The summed E-state index contributed by atoms with van der Waals surface area (Å²) in [4.78, 5) is 0. The molecule has 2 saturated carbocycles. The summed E-state index contributed by atoms with van der Waals surface area (Å²) in [6.07, 6.45) is 16.2. The third-order valence-corrected chi connectivity index (χ3v) is 11.5. The standard InChI is InChI=1S/C30H50O/c1-20(2)10-9-11-21(3)22-14-18-30(8)24-12-13-25-27(4,5)26(31)16-17-28(25,6)23(24)15-19-29(22,30)7/h9-10,20-22,25-26,31H,11-19H2,1-8H3/t21-,22+,25+,26+,28-,29+,30-/m1/s1. The molecule has 0 aromatic heterocycles. The molecule has 0 saturated heterocycles. The minimum atomic E-state index is -0.132. The van der Waals surface area contributed by atoms with Gasteiger partial charge in [0.15, 0.2) is 0 Å². The molecule has 31 heavy (non-hydrogen) atoms. The van der Waals surface area contributed by atoms with Crippen LogP contribution in [0.1, 0.15) is 113 Å². The maximum atomic E-state index is 10.8. The van der Waals surface area contributed by atoms with E-state index >= 15 is 0 Å². The second-order valence-corrected chi connectivity index (χ2v) is 13.6. The molecule has 0 amide bonds. The topological polar surface area (TPSA) is 20.2 Å². The number of hydrogen-bond donors (Lipinski definition) is 1. The van der Waals surface area contributed by atoms with E-state index in [0.29, 0.717) is 28.1 Å². The number of aliphatic hydroxyl groups is 1. The quantitative estimate of drug-likeness (QED) is 0.448. The van der Waals surface area contributed by atoms with Gasteiger partial charge in [0.1, 0.15) is 0 Å². The van der Waals surface area contributed by atoms with Crippen molar-refractivity contribution in [3.63, 3.8) is 0 Å². The number of allylic oxidation sites excluding steroid dienone is 4. The highest BCUT2D eigenvalue weighted by molar-refractivity contribution is 5.38. The molecule has 0 bridgehead atoms. The maximum absolute atomic E-state index is 10.8. The molecule has 0 unspecified atom stereocenters. The van der Waals surface area contributed by atoms with E-state index in [1.807, 2.05) is 11.1 Å². The average molecular weight is 427 g/mol. The molecule has 0 aromatic rings. The van der Waals surface area contributed by atoms with Gasteiger partial charge in [0, 0.05) is 0 Å². The fourth-order valence-electron chi connectivity index (χ4n) is 9.36. The van der Waals surface area contributed by atoms with Crippen LogP contribution in [0.3, 0.4) is 0 Å². The zero-order valence-corrected chi connectivity index (χ0v) is 21.9. The molecular formula is C30H50O. The van der Waals surface area contributed by atoms with Crippen LogP contribution in [0.5, 0.6) is 0 Å². The summed E-state index contributed by atoms with van der Waals surface area (Å²) in [7, 11) is 0. The van der Waals surface area contributed by atoms with Gasteiger partial charge in [0.05, 0.1) is 6.10 Å². The van der Waals surface area contributed by atoms with E-state index in [1.165, 1.54) is 51.4 Å². The number of fused-ring (bicyclic) bond motifs is 4. The van der Waals surface area contributed by atoms with Crippen LogP contribution in [-0.2, 0) is 0 Å². The van der Waals surface area contributed by atoms with Gasteiger partial charge in [0.2, 0.25) is 0 Å². The van der Waals surface area contributed by atoms with Crippen LogP contribution in [0.15, 0.2) is 23.3 Å². The largest absolute Gasteiger partial charge is 0.393 e. The van der Waals surface area contributed by atoms with E-state index in [4.69, 9.17) is 0 Å². The highest BCUT2D eigenvalue weighted by Gasteiger charge is 2.63. The first kappa shape index (κ1) is 23.6. The van der Waals surface area contributed by atoms with E-state index < -0.39 is 0 Å². The molecule has 4 aliphatic carbocycles. The van der Waals surface area contributed by atoms with Gasteiger partial charge in [-0.3, -0.25) is 0 Å². The Morgan fingerprint density at radius 3 is 2.29 bits per heavy atom. The fourth-order valence-corrected chi connectivity index (χ4v) is 9.36. The second kappa shape index (κ2) is 7.75. The van der Waals surface area contributed by atoms with Crippen molar-refractivity contribution in [2.45, 2.75) is 119 Å². The Labute approximate surface area is 193 Å². The van der Waals surface area contributed by atoms with Crippen molar-refractivity contribution in [2.24, 2.45) is 45.3 Å². The third kappa shape index (κ3) is 3.34. The molecule has 1 nitrogen and oxygen atoms in total. The Bertz CT molecular complexity index is 756. The Morgan fingerprint density at radius 1 is 0.903 bits per heavy atom. The SMILES string of the molecule is CC(C)C=CC[C@@H](C)[C@@H]1CC[C@]2(C)C3=C(CC[C@@]12C)[C@@]1(C)CC[C@H](O)C(C)(C)[C@@H]1CC3. The van der Waals surface area contributed by atoms with Crippen molar-refractivity contribution >= 4 is 0 Å². The van der Waals surface area contributed by atoms with Crippen molar-refractivity contribution in [1.29, 1.82) is 0 Å². The van der Waals surface area contributed by atoms with Crippen LogP contribution in [0.25, 0.3) is 0 Å². The summed E-state index contributed by atoms with van der Waals surface area (Å²) in [6, 6.07) is 0. The fraction of sp³-hybridized carbons (Fsp3) is 0.867. The lowest BCUT2D eigenvalue weighted by Gasteiger charge is -2.62. The molecular weight excluding hydrogens is 376 g/mol. The summed E-state index contributed by atoms with van der Waals surface area (Å²) in [5.74, 6) is 2.92. The summed E-state index contributed by atoms with van der Waals surface area (Å²) >= 11 is 0. The Hall–Kier alpha value is -0.560. The minimum Gasteiger partial charge on any atom is -0.393 e. The monoisotopic (exact) mass is 426 g/mol. The third-order valence-electron chi connectivity index (χ3n) is 11.5. The molecule has 176 valence electrons. The zero-order valence-electron chi connectivity index (χ0n) is 21.9. The Morgan fingerprint density at radius 2 is 1.61 bits per heavy atom. The van der Waals surface area contributed by atoms with Crippen LogP contribution in [0, 0.1) is 45.3 Å². The molecule has 0 aliphatic heterocycles. The lowest BCUT2D eigenvalue weighted by atomic mass is 9.43. The average Bonchev–Trinajstić information content (AvgIpc) is 2.96. The van der Waals surface area contributed by atoms with E-state index in [1.54, 1.807) is 0 Å². The maximum Gasteiger partial charge on any atom is 0.0594 e. The van der Waals surface area contributed by atoms with Crippen LogP contribution < -0.4 is 0 Å². The summed E-state index contributed by atoms with van der Waals surface area (Å²) in [6.45, 7) is 19.7. The van der Waals surface area contributed by atoms with E-state index in [-0.39, 0.29) is 11.5 Å². The first-order valence-corrected chi connectivity index (χ1v) is 13.5. The van der Waals surface area contributed by atoms with Crippen molar-refractivity contribution in [3.05, 3.63) is 23.3 Å². The van der Waals surface area contributed by atoms with Crippen LogP contribution in [0.2, 0.25) is 0 Å². The van der Waals surface area contributed by atoms with Crippen molar-refractivity contribution in [2.75, 3.05) is 0 Å². The zero-order chi connectivity index (χ0) is 22.8. The second-order valence-electron chi connectivity index (χ2n) is 13.6. The van der Waals surface area contributed by atoms with Crippen molar-refractivity contribution < 1.29 is 5.11 Å². The molecule has 0 heterocycles. The number of aliphatic hydroxyl groups excluding tert-OH is 1. The highest BCUT2D eigenvalue weighted by atomic mass is 16.3. The Balaban J connectivity index is 1.66. The lowest BCUT2D eigenvalue weighted by Crippen LogP contribution is -2.55. The molecule has 7 atom stereocenters.